The molecule has 3 atom stereocenters. The van der Waals surface area contributed by atoms with Crippen LogP contribution in [0.15, 0.2) is 36.7 Å². The van der Waals surface area contributed by atoms with Gasteiger partial charge in [-0.05, 0) is 44.5 Å². The van der Waals surface area contributed by atoms with E-state index in [4.69, 9.17) is 4.74 Å². The zero-order chi connectivity index (χ0) is 20.5. The Kier molecular flexibility index (Phi) is 6.83. The first-order valence-electron chi connectivity index (χ1n) is 10.2. The number of hydrogen-bond acceptors (Lipinski definition) is 6. The van der Waals surface area contributed by atoms with E-state index in [9.17, 15) is 4.79 Å². The fraction of sp³-hybridized carbons (Fsp3) is 0.500. The summed E-state index contributed by atoms with van der Waals surface area (Å²) in [5.41, 5.74) is 1.83. The molecule has 0 radical (unpaired) electrons. The third-order valence-electron chi connectivity index (χ3n) is 5.96. The molecule has 162 valence electrons. The van der Waals surface area contributed by atoms with E-state index < -0.39 is 0 Å². The molecule has 2 aliphatic rings. The maximum atomic E-state index is 13.0. The lowest BCUT2D eigenvalue weighted by Gasteiger charge is -2.27. The second-order valence-electron chi connectivity index (χ2n) is 8.39. The SMILES string of the molecule is COc1ccc([C@@H]2[C@@H]3CN(C(=O)c4cnc(NC(C)C)nc4)C[C@@H]3CN2C)cc1.Cl. The van der Waals surface area contributed by atoms with Crippen molar-refractivity contribution < 1.29 is 9.53 Å². The van der Waals surface area contributed by atoms with Crippen molar-refractivity contribution in [3.8, 4) is 5.75 Å². The Balaban J connectivity index is 0.00000256. The number of fused-ring (bicyclic) bond motifs is 1. The minimum absolute atomic E-state index is 0. The first-order chi connectivity index (χ1) is 14.0. The van der Waals surface area contributed by atoms with Gasteiger partial charge in [0.2, 0.25) is 5.95 Å². The van der Waals surface area contributed by atoms with Crippen LogP contribution in [-0.4, -0.2) is 65.5 Å². The van der Waals surface area contributed by atoms with Crippen LogP contribution < -0.4 is 10.1 Å². The minimum Gasteiger partial charge on any atom is -0.497 e. The summed E-state index contributed by atoms with van der Waals surface area (Å²) in [6.07, 6.45) is 3.25. The van der Waals surface area contributed by atoms with Gasteiger partial charge in [0.1, 0.15) is 5.75 Å². The second kappa shape index (κ2) is 9.18. The lowest BCUT2D eigenvalue weighted by molar-refractivity contribution is 0.0767. The van der Waals surface area contributed by atoms with Crippen LogP contribution in [0.3, 0.4) is 0 Å². The maximum absolute atomic E-state index is 13.0. The molecule has 1 N–H and O–H groups in total. The Morgan fingerprint density at radius 2 is 1.80 bits per heavy atom. The van der Waals surface area contributed by atoms with E-state index in [-0.39, 0.29) is 24.4 Å². The Bertz CT molecular complexity index is 859. The summed E-state index contributed by atoms with van der Waals surface area (Å²) in [6.45, 7) is 6.60. The van der Waals surface area contributed by atoms with E-state index >= 15 is 0 Å². The number of hydrogen-bond donors (Lipinski definition) is 1. The first-order valence-corrected chi connectivity index (χ1v) is 10.2. The summed E-state index contributed by atoms with van der Waals surface area (Å²) >= 11 is 0. The van der Waals surface area contributed by atoms with Crippen molar-refractivity contribution in [2.24, 2.45) is 11.8 Å². The van der Waals surface area contributed by atoms with E-state index in [0.717, 1.165) is 25.4 Å². The Morgan fingerprint density at radius 3 is 2.40 bits per heavy atom. The molecule has 7 nitrogen and oxygen atoms in total. The summed E-state index contributed by atoms with van der Waals surface area (Å²) in [5.74, 6) is 2.35. The van der Waals surface area contributed by atoms with Gasteiger partial charge in [-0.1, -0.05) is 12.1 Å². The highest BCUT2D eigenvalue weighted by molar-refractivity contribution is 5.94. The van der Waals surface area contributed by atoms with Crippen molar-refractivity contribution >= 4 is 24.3 Å². The number of carbonyl (C=O) groups excluding carboxylic acids is 1. The van der Waals surface area contributed by atoms with Crippen LogP contribution in [0.25, 0.3) is 0 Å². The van der Waals surface area contributed by atoms with Gasteiger partial charge in [0.05, 0.1) is 12.7 Å². The van der Waals surface area contributed by atoms with Crippen LogP contribution in [0.2, 0.25) is 0 Å². The van der Waals surface area contributed by atoms with Crippen molar-refractivity contribution in [2.45, 2.75) is 25.9 Å². The molecule has 2 aliphatic heterocycles. The van der Waals surface area contributed by atoms with E-state index in [1.54, 1.807) is 19.5 Å². The smallest absolute Gasteiger partial charge is 0.257 e. The highest BCUT2D eigenvalue weighted by Gasteiger charge is 2.47. The number of aromatic nitrogens is 2. The number of likely N-dealkylation sites (tertiary alicyclic amines) is 2. The van der Waals surface area contributed by atoms with Gasteiger partial charge in [-0.15, -0.1) is 12.4 Å². The number of carbonyl (C=O) groups is 1. The molecule has 0 aliphatic carbocycles. The summed E-state index contributed by atoms with van der Waals surface area (Å²) in [6, 6.07) is 8.87. The molecular formula is C22H30ClN5O2. The summed E-state index contributed by atoms with van der Waals surface area (Å²) in [5, 5.41) is 3.15. The third kappa shape index (κ3) is 4.37. The van der Waals surface area contributed by atoms with Crippen molar-refractivity contribution in [3.63, 3.8) is 0 Å². The fourth-order valence-electron chi connectivity index (χ4n) is 4.68. The Labute approximate surface area is 184 Å². The predicted octanol–water partition coefficient (Wildman–Crippen LogP) is 3.10. The first kappa shape index (κ1) is 22.3. The molecule has 0 bridgehead atoms. The highest BCUT2D eigenvalue weighted by Crippen LogP contribution is 2.44. The number of halogens is 1. The fourth-order valence-corrected chi connectivity index (χ4v) is 4.68. The lowest BCUT2D eigenvalue weighted by Crippen LogP contribution is -2.33. The molecule has 3 heterocycles. The monoisotopic (exact) mass is 431 g/mol. The summed E-state index contributed by atoms with van der Waals surface area (Å²) < 4.78 is 5.29. The molecule has 30 heavy (non-hydrogen) atoms. The summed E-state index contributed by atoms with van der Waals surface area (Å²) in [7, 11) is 3.86. The molecule has 0 unspecified atom stereocenters. The average molecular weight is 432 g/mol. The second-order valence-corrected chi connectivity index (χ2v) is 8.39. The number of nitrogens with one attached hydrogen (secondary N) is 1. The Hall–Kier alpha value is -2.38. The van der Waals surface area contributed by atoms with E-state index in [0.29, 0.717) is 29.4 Å². The van der Waals surface area contributed by atoms with E-state index in [2.05, 4.69) is 39.4 Å². The van der Waals surface area contributed by atoms with Gasteiger partial charge in [-0.2, -0.15) is 0 Å². The zero-order valence-corrected chi connectivity index (χ0v) is 18.7. The molecule has 2 saturated heterocycles. The van der Waals surface area contributed by atoms with Gasteiger partial charge in [-0.3, -0.25) is 9.69 Å². The average Bonchev–Trinajstić information content (AvgIpc) is 3.24. The Morgan fingerprint density at radius 1 is 1.13 bits per heavy atom. The highest BCUT2D eigenvalue weighted by atomic mass is 35.5. The quantitative estimate of drug-likeness (QED) is 0.784. The van der Waals surface area contributed by atoms with Gasteiger partial charge in [0.25, 0.3) is 5.91 Å². The summed E-state index contributed by atoms with van der Waals surface area (Å²) in [4.78, 5) is 26.0. The number of methoxy groups -OCH3 is 1. The molecule has 4 rings (SSSR count). The van der Waals surface area contributed by atoms with Gasteiger partial charge in [0, 0.05) is 50.0 Å². The van der Waals surface area contributed by atoms with Gasteiger partial charge >= 0.3 is 0 Å². The van der Waals surface area contributed by atoms with Crippen molar-refractivity contribution in [1.82, 2.24) is 19.8 Å². The number of ether oxygens (including phenoxy) is 1. The van der Waals surface area contributed by atoms with Crippen molar-refractivity contribution in [3.05, 3.63) is 47.8 Å². The molecule has 1 aromatic heterocycles. The molecule has 1 amide bonds. The standard InChI is InChI=1S/C22H29N5O2.ClH/c1-14(2)25-22-23-9-16(10-24-22)21(28)27-12-17-11-26(3)20(19(17)13-27)15-5-7-18(29-4)8-6-15;/h5-10,14,17,19-20H,11-13H2,1-4H3,(H,23,24,25);1H/t17-,19+,20+;/m0./s1. The van der Waals surface area contributed by atoms with Crippen LogP contribution in [-0.2, 0) is 0 Å². The van der Waals surface area contributed by atoms with Crippen LogP contribution in [0.5, 0.6) is 5.75 Å². The van der Waals surface area contributed by atoms with E-state index in [1.807, 2.05) is 30.9 Å². The number of rotatable bonds is 5. The zero-order valence-electron chi connectivity index (χ0n) is 17.9. The molecule has 2 aromatic rings. The minimum atomic E-state index is 0. The molecule has 0 saturated carbocycles. The largest absolute Gasteiger partial charge is 0.497 e. The molecule has 8 heteroatoms. The number of amides is 1. The predicted molar refractivity (Wildman–Crippen MR) is 119 cm³/mol. The number of benzene rings is 1. The van der Waals surface area contributed by atoms with Gasteiger partial charge in [-0.25, -0.2) is 9.97 Å². The maximum Gasteiger partial charge on any atom is 0.257 e. The molecule has 1 aromatic carbocycles. The molecular weight excluding hydrogens is 402 g/mol. The van der Waals surface area contributed by atoms with Crippen LogP contribution in [0.4, 0.5) is 5.95 Å². The van der Waals surface area contributed by atoms with Crippen LogP contribution in [0.1, 0.15) is 35.8 Å². The van der Waals surface area contributed by atoms with Crippen molar-refractivity contribution in [2.75, 3.05) is 39.1 Å². The number of nitrogens with zero attached hydrogens (tertiary/aromatic N) is 4. The molecule has 0 spiro atoms. The lowest BCUT2D eigenvalue weighted by atomic mass is 9.89. The third-order valence-corrected chi connectivity index (χ3v) is 5.96. The normalized spacial score (nSPS) is 23.2. The van der Waals surface area contributed by atoms with Crippen LogP contribution in [0, 0.1) is 11.8 Å². The topological polar surface area (TPSA) is 70.6 Å². The van der Waals surface area contributed by atoms with Gasteiger partial charge in [0.15, 0.2) is 0 Å². The molecule has 2 fully saturated rings. The van der Waals surface area contributed by atoms with E-state index in [1.165, 1.54) is 5.56 Å². The van der Waals surface area contributed by atoms with Gasteiger partial charge < -0.3 is 15.0 Å². The van der Waals surface area contributed by atoms with Crippen molar-refractivity contribution in [1.29, 1.82) is 0 Å². The van der Waals surface area contributed by atoms with Crippen LogP contribution >= 0.6 is 12.4 Å². The number of anilines is 1.